The van der Waals surface area contributed by atoms with Crippen molar-refractivity contribution in [1.29, 1.82) is 0 Å². The van der Waals surface area contributed by atoms with Crippen molar-refractivity contribution in [3.05, 3.63) is 41.2 Å². The highest BCUT2D eigenvalue weighted by atomic mass is 16.5. The number of hydrazine groups is 1. The van der Waals surface area contributed by atoms with Crippen LogP contribution in [-0.4, -0.2) is 82.0 Å². The Hall–Kier alpha value is -2.46. The third-order valence-electron chi connectivity index (χ3n) is 7.30. The monoisotopic (exact) mass is 560 g/mol. The fourth-order valence-electron chi connectivity index (χ4n) is 5.09. The van der Waals surface area contributed by atoms with E-state index in [4.69, 9.17) is 21.1 Å². The second-order valence-corrected chi connectivity index (χ2v) is 11.5. The molecule has 1 aromatic carbocycles. The van der Waals surface area contributed by atoms with Crippen LogP contribution in [-0.2, 0) is 14.3 Å². The van der Waals surface area contributed by atoms with E-state index in [9.17, 15) is 4.79 Å². The normalized spacial score (nSPS) is 19.6. The van der Waals surface area contributed by atoms with Gasteiger partial charge in [-0.25, -0.2) is 5.84 Å². The number of nitrogens with one attached hydrogen (secondary N) is 1. The van der Waals surface area contributed by atoms with Crippen LogP contribution in [0.1, 0.15) is 64.9 Å². The van der Waals surface area contributed by atoms with Gasteiger partial charge in [0.1, 0.15) is 12.5 Å². The lowest BCUT2D eigenvalue weighted by atomic mass is 9.95. The number of ether oxygens (including phenoxy) is 1. The van der Waals surface area contributed by atoms with Crippen LogP contribution < -0.4 is 21.9 Å². The molecule has 0 spiro atoms. The van der Waals surface area contributed by atoms with Crippen molar-refractivity contribution in [1.82, 2.24) is 15.1 Å². The largest absolute Gasteiger partial charge is 0.393 e. The number of carbonyl (C=O) groups excluding carboxylic acids is 2. The number of methoxy groups -OCH3 is 1. The highest BCUT2D eigenvalue weighted by Gasteiger charge is 2.31. The molecule has 2 aliphatic rings. The van der Waals surface area contributed by atoms with Crippen LogP contribution in [0.4, 0.5) is 5.69 Å². The molecule has 2 aliphatic heterocycles. The first kappa shape index (κ1) is 35.6. The summed E-state index contributed by atoms with van der Waals surface area (Å²) in [5, 5.41) is 5.04. The summed E-state index contributed by atoms with van der Waals surface area (Å²) in [6.07, 6.45) is 6.13. The lowest BCUT2D eigenvalue weighted by Gasteiger charge is -2.38. The number of carbonyl (C=O) groups is 2. The summed E-state index contributed by atoms with van der Waals surface area (Å²) in [5.74, 6) is 7.27. The SMILES string of the molecule is C=O.CN1CCCC1.COCCCC/C(=C(/N)C(=O)N(CC(C)C)[C@@H]1CNCC(C)C1)N(N)c1ccc(C)cc1. The molecule has 1 aromatic rings. The number of unbranched alkanes of at least 4 members (excludes halogenated alkanes) is 1. The first-order valence-electron chi connectivity index (χ1n) is 14.7. The van der Waals surface area contributed by atoms with Crippen molar-refractivity contribution < 1.29 is 14.3 Å². The quantitative estimate of drug-likeness (QED) is 0.162. The molecule has 2 atom stereocenters. The maximum Gasteiger partial charge on any atom is 0.271 e. The van der Waals surface area contributed by atoms with Gasteiger partial charge in [-0.15, -0.1) is 0 Å². The van der Waals surface area contributed by atoms with Gasteiger partial charge in [-0.2, -0.15) is 0 Å². The first-order valence-corrected chi connectivity index (χ1v) is 14.7. The Kier molecular flexibility index (Phi) is 17.4. The lowest BCUT2D eigenvalue weighted by molar-refractivity contribution is -0.130. The zero-order chi connectivity index (χ0) is 30.1. The maximum atomic E-state index is 13.7. The number of anilines is 1. The van der Waals surface area contributed by atoms with Gasteiger partial charge < -0.3 is 30.4 Å². The lowest BCUT2D eigenvalue weighted by Crippen LogP contribution is -2.53. The topological polar surface area (TPSA) is 117 Å². The Labute approximate surface area is 243 Å². The molecular weight excluding hydrogens is 504 g/mol. The van der Waals surface area contributed by atoms with E-state index in [1.165, 1.54) is 25.9 Å². The number of allylic oxidation sites excluding steroid dienone is 1. The second kappa shape index (κ2) is 19.6. The highest BCUT2D eigenvalue weighted by Crippen LogP contribution is 2.24. The average molecular weight is 561 g/mol. The molecule has 0 saturated carbocycles. The minimum absolute atomic E-state index is 0.121. The molecular formula is C31H56N6O3. The molecule has 228 valence electrons. The Morgan fingerprint density at radius 1 is 1.15 bits per heavy atom. The number of piperidine rings is 1. The number of likely N-dealkylation sites (tertiary alicyclic amines) is 1. The van der Waals surface area contributed by atoms with Gasteiger partial charge in [0.2, 0.25) is 0 Å². The van der Waals surface area contributed by atoms with E-state index >= 15 is 0 Å². The zero-order valence-corrected chi connectivity index (χ0v) is 26.0. The minimum atomic E-state index is -0.121. The minimum Gasteiger partial charge on any atom is -0.393 e. The first-order chi connectivity index (χ1) is 19.1. The third-order valence-corrected chi connectivity index (χ3v) is 7.30. The number of amides is 1. The molecule has 1 unspecified atom stereocenters. The summed E-state index contributed by atoms with van der Waals surface area (Å²) in [6.45, 7) is 16.3. The van der Waals surface area contributed by atoms with Gasteiger partial charge in [-0.3, -0.25) is 9.80 Å². The Morgan fingerprint density at radius 3 is 2.27 bits per heavy atom. The number of hydrogen-bond donors (Lipinski definition) is 3. The van der Waals surface area contributed by atoms with E-state index < -0.39 is 0 Å². The van der Waals surface area contributed by atoms with Gasteiger partial charge >= 0.3 is 0 Å². The molecule has 9 nitrogen and oxygen atoms in total. The van der Waals surface area contributed by atoms with Crippen molar-refractivity contribution >= 4 is 18.4 Å². The predicted molar refractivity (Wildman–Crippen MR) is 166 cm³/mol. The fourth-order valence-corrected chi connectivity index (χ4v) is 5.09. The molecule has 2 fully saturated rings. The van der Waals surface area contributed by atoms with Crippen LogP contribution in [0.15, 0.2) is 35.7 Å². The van der Waals surface area contributed by atoms with Crippen molar-refractivity contribution in [2.75, 3.05) is 58.5 Å². The van der Waals surface area contributed by atoms with Crippen LogP contribution in [0, 0.1) is 18.8 Å². The van der Waals surface area contributed by atoms with E-state index in [2.05, 4.69) is 38.0 Å². The van der Waals surface area contributed by atoms with Crippen molar-refractivity contribution in [2.45, 2.75) is 72.3 Å². The standard InChI is InChI=1S/C25H43N5O2.C5H11N.CH2O/c1-18(2)17-29(22-14-20(4)15-28-16-22)25(31)24(26)23(8-6-7-13-32-5)30(27)21-11-9-19(3)10-12-21;1-6-4-2-3-5-6;1-2/h9-12,18,20,22,28H,6-8,13-17,26-27H2,1-5H3;2-5H2,1H3;1H2/b24-23-;;/t20?,22-;;/m0../s1. The summed E-state index contributed by atoms with van der Waals surface area (Å²) in [6, 6.07) is 8.07. The highest BCUT2D eigenvalue weighted by molar-refractivity contribution is 5.94. The molecule has 0 aromatic heterocycles. The molecule has 9 heteroatoms. The van der Waals surface area contributed by atoms with Gasteiger partial charge in [0.25, 0.3) is 5.91 Å². The summed E-state index contributed by atoms with van der Waals surface area (Å²) >= 11 is 0. The van der Waals surface area contributed by atoms with Gasteiger partial charge in [0.05, 0.1) is 11.4 Å². The molecule has 1 amide bonds. The molecule has 0 aliphatic carbocycles. The van der Waals surface area contributed by atoms with E-state index in [1.54, 1.807) is 12.1 Å². The number of rotatable bonds is 11. The van der Waals surface area contributed by atoms with E-state index in [0.717, 1.165) is 43.6 Å². The van der Waals surface area contributed by atoms with Crippen LogP contribution >= 0.6 is 0 Å². The number of aryl methyl sites for hydroxylation is 1. The number of hydrogen-bond acceptors (Lipinski definition) is 8. The molecule has 0 radical (unpaired) electrons. The van der Waals surface area contributed by atoms with Crippen LogP contribution in [0.3, 0.4) is 0 Å². The third kappa shape index (κ3) is 12.4. The maximum absolute atomic E-state index is 13.7. The number of nitrogens with two attached hydrogens (primary N) is 2. The number of benzene rings is 1. The average Bonchev–Trinajstić information content (AvgIpc) is 3.43. The van der Waals surface area contributed by atoms with Gasteiger partial charge in [-0.1, -0.05) is 38.5 Å². The summed E-state index contributed by atoms with van der Waals surface area (Å²) in [4.78, 5) is 26.0. The summed E-state index contributed by atoms with van der Waals surface area (Å²) < 4.78 is 5.19. The van der Waals surface area contributed by atoms with Crippen LogP contribution in [0.5, 0.6) is 0 Å². The predicted octanol–water partition coefficient (Wildman–Crippen LogP) is 3.67. The summed E-state index contributed by atoms with van der Waals surface area (Å²) in [7, 11) is 3.87. The summed E-state index contributed by atoms with van der Waals surface area (Å²) in [5.41, 5.74) is 9.45. The van der Waals surface area contributed by atoms with E-state index in [-0.39, 0.29) is 17.6 Å². The van der Waals surface area contributed by atoms with Crippen LogP contribution in [0.2, 0.25) is 0 Å². The van der Waals surface area contributed by atoms with Crippen molar-refractivity contribution in [2.24, 2.45) is 23.4 Å². The van der Waals surface area contributed by atoms with E-state index in [1.807, 2.05) is 42.9 Å². The molecule has 0 bridgehead atoms. The number of nitrogens with zero attached hydrogens (tertiary/aromatic N) is 3. The molecule has 2 saturated heterocycles. The van der Waals surface area contributed by atoms with E-state index in [0.29, 0.717) is 37.1 Å². The molecule has 5 N–H and O–H groups in total. The molecule has 3 rings (SSSR count). The van der Waals surface area contributed by atoms with Gasteiger partial charge in [0.15, 0.2) is 0 Å². The second-order valence-electron chi connectivity index (χ2n) is 11.5. The van der Waals surface area contributed by atoms with Crippen molar-refractivity contribution in [3.8, 4) is 0 Å². The fraction of sp³-hybridized carbons (Fsp3) is 0.677. The molecule has 2 heterocycles. The smallest absolute Gasteiger partial charge is 0.271 e. The Morgan fingerprint density at radius 2 is 1.77 bits per heavy atom. The van der Waals surface area contributed by atoms with Crippen molar-refractivity contribution in [3.63, 3.8) is 0 Å². The Bertz CT molecular complexity index is 870. The zero-order valence-electron chi connectivity index (χ0n) is 26.0. The van der Waals surface area contributed by atoms with Gasteiger partial charge in [0, 0.05) is 32.8 Å². The molecule has 40 heavy (non-hydrogen) atoms. The van der Waals surface area contributed by atoms with Crippen LogP contribution in [0.25, 0.3) is 0 Å². The Balaban J connectivity index is 0.000000866. The van der Waals surface area contributed by atoms with Gasteiger partial charge in [-0.05, 0) is 96.1 Å².